The molecule has 30 heavy (non-hydrogen) atoms. The fourth-order valence-corrected chi connectivity index (χ4v) is 2.68. The highest BCUT2D eigenvalue weighted by atomic mass is 16.5. The molecule has 7 heteroatoms. The number of carboxylic acids is 1. The number of anilines is 1. The first-order valence-electron chi connectivity index (χ1n) is 9.66. The Morgan fingerprint density at radius 2 is 1.70 bits per heavy atom. The molecule has 0 radical (unpaired) electrons. The number of nitrogen functional groups attached to an aromatic ring is 1. The van der Waals surface area contributed by atoms with Crippen LogP contribution in [0.2, 0.25) is 0 Å². The molecule has 0 unspecified atom stereocenters. The van der Waals surface area contributed by atoms with Crippen LogP contribution in [0.15, 0.2) is 66.7 Å². The Morgan fingerprint density at radius 1 is 1.03 bits per heavy atom. The van der Waals surface area contributed by atoms with Gasteiger partial charge in [-0.05, 0) is 36.1 Å². The van der Waals surface area contributed by atoms with E-state index in [1.807, 2.05) is 80.6 Å². The van der Waals surface area contributed by atoms with E-state index in [0.717, 1.165) is 16.5 Å². The molecule has 0 saturated carbocycles. The third-order valence-electron chi connectivity index (χ3n) is 4.13. The number of nitrogens with one attached hydrogen (secondary N) is 1. The van der Waals surface area contributed by atoms with Crippen molar-refractivity contribution in [2.45, 2.75) is 32.9 Å². The molecule has 0 aliphatic carbocycles. The lowest BCUT2D eigenvalue weighted by atomic mass is 10.0. The zero-order chi connectivity index (χ0) is 21.9. The van der Waals surface area contributed by atoms with Crippen LogP contribution in [0.5, 0.6) is 0 Å². The SMILES string of the molecule is CC(C)C[C@H](NC(=O)OCc1ccccc1)C(=O)O.Nc1ccc2ccccc2n1. The van der Waals surface area contributed by atoms with Crippen LogP contribution in [0.1, 0.15) is 25.8 Å². The lowest BCUT2D eigenvalue weighted by Crippen LogP contribution is -2.41. The smallest absolute Gasteiger partial charge is 0.408 e. The van der Waals surface area contributed by atoms with Gasteiger partial charge in [-0.25, -0.2) is 14.6 Å². The number of hydrogen-bond donors (Lipinski definition) is 3. The normalized spacial score (nSPS) is 11.3. The highest BCUT2D eigenvalue weighted by Gasteiger charge is 2.21. The summed E-state index contributed by atoms with van der Waals surface area (Å²) in [5.41, 5.74) is 7.32. The van der Waals surface area contributed by atoms with Crippen molar-refractivity contribution in [3.05, 3.63) is 72.3 Å². The highest BCUT2D eigenvalue weighted by molar-refractivity contribution is 5.80. The van der Waals surface area contributed by atoms with Crippen molar-refractivity contribution in [3.8, 4) is 0 Å². The van der Waals surface area contributed by atoms with Gasteiger partial charge < -0.3 is 20.9 Å². The maximum Gasteiger partial charge on any atom is 0.408 e. The molecule has 0 saturated heterocycles. The Hall–Kier alpha value is -3.61. The Balaban J connectivity index is 0.000000244. The van der Waals surface area contributed by atoms with E-state index in [1.165, 1.54) is 0 Å². The number of alkyl carbamates (subject to hydrolysis) is 1. The molecule has 0 aliphatic heterocycles. The second kappa shape index (κ2) is 11.4. The minimum atomic E-state index is -1.05. The lowest BCUT2D eigenvalue weighted by molar-refractivity contribution is -0.139. The number of aromatic nitrogens is 1. The monoisotopic (exact) mass is 409 g/mol. The molecule has 4 N–H and O–H groups in total. The Morgan fingerprint density at radius 3 is 2.37 bits per heavy atom. The van der Waals surface area contributed by atoms with Gasteiger partial charge in [0.25, 0.3) is 0 Å². The van der Waals surface area contributed by atoms with Crippen molar-refractivity contribution < 1.29 is 19.4 Å². The molecule has 3 aromatic rings. The molecule has 0 fully saturated rings. The van der Waals surface area contributed by atoms with Crippen molar-refractivity contribution in [1.29, 1.82) is 0 Å². The summed E-state index contributed by atoms with van der Waals surface area (Å²) in [5, 5.41) is 12.5. The maximum atomic E-state index is 11.5. The fourth-order valence-electron chi connectivity index (χ4n) is 2.68. The van der Waals surface area contributed by atoms with Crippen LogP contribution in [-0.4, -0.2) is 28.2 Å². The molecule has 3 rings (SSSR count). The van der Waals surface area contributed by atoms with Gasteiger partial charge in [-0.1, -0.05) is 62.4 Å². The minimum absolute atomic E-state index is 0.126. The third kappa shape index (κ3) is 7.79. The molecule has 158 valence electrons. The number of benzene rings is 2. The molecule has 1 heterocycles. The number of rotatable bonds is 6. The van der Waals surface area contributed by atoms with Crippen molar-refractivity contribution in [1.82, 2.24) is 10.3 Å². The van der Waals surface area contributed by atoms with Crippen LogP contribution in [-0.2, 0) is 16.1 Å². The van der Waals surface area contributed by atoms with Gasteiger partial charge in [0.05, 0.1) is 5.52 Å². The van der Waals surface area contributed by atoms with Crippen molar-refractivity contribution in [3.63, 3.8) is 0 Å². The average molecular weight is 409 g/mol. The standard InChI is InChI=1S/C14H19NO4.C9H8N2/c1-10(2)8-12(13(16)17)15-14(18)19-9-11-6-4-3-5-7-11;10-9-6-5-7-3-1-2-4-8(7)11-9/h3-7,10,12H,8-9H2,1-2H3,(H,15,18)(H,16,17);1-6H,(H2,10,11)/t12-;/m0./s1. The van der Waals surface area contributed by atoms with E-state index in [9.17, 15) is 9.59 Å². The number of pyridine rings is 1. The average Bonchev–Trinajstić information content (AvgIpc) is 2.72. The van der Waals surface area contributed by atoms with Gasteiger partial charge in [0, 0.05) is 5.39 Å². The number of hydrogen-bond acceptors (Lipinski definition) is 5. The number of fused-ring (bicyclic) bond motifs is 1. The predicted molar refractivity (Wildman–Crippen MR) is 117 cm³/mol. The van der Waals surface area contributed by atoms with Crippen LogP contribution < -0.4 is 11.1 Å². The van der Waals surface area contributed by atoms with Crippen molar-refractivity contribution in [2.24, 2.45) is 5.92 Å². The van der Waals surface area contributed by atoms with E-state index in [-0.39, 0.29) is 12.5 Å². The first-order valence-corrected chi connectivity index (χ1v) is 9.66. The van der Waals surface area contributed by atoms with E-state index in [4.69, 9.17) is 15.6 Å². The van der Waals surface area contributed by atoms with Gasteiger partial charge in [-0.3, -0.25) is 0 Å². The fraction of sp³-hybridized carbons (Fsp3) is 0.261. The molecule has 0 bridgehead atoms. The molecule has 1 aromatic heterocycles. The van der Waals surface area contributed by atoms with Gasteiger partial charge >= 0.3 is 12.1 Å². The topological polar surface area (TPSA) is 115 Å². The summed E-state index contributed by atoms with van der Waals surface area (Å²) in [4.78, 5) is 26.6. The van der Waals surface area contributed by atoms with Gasteiger partial charge in [0.15, 0.2) is 0 Å². The zero-order valence-electron chi connectivity index (χ0n) is 17.1. The first kappa shape index (κ1) is 22.7. The second-order valence-corrected chi connectivity index (χ2v) is 7.16. The van der Waals surface area contributed by atoms with E-state index in [1.54, 1.807) is 0 Å². The number of aliphatic carboxylic acids is 1. The highest BCUT2D eigenvalue weighted by Crippen LogP contribution is 2.12. The predicted octanol–water partition coefficient (Wildman–Crippen LogP) is 4.23. The van der Waals surface area contributed by atoms with E-state index >= 15 is 0 Å². The number of carbonyl (C=O) groups excluding carboxylic acids is 1. The molecule has 1 amide bonds. The van der Waals surface area contributed by atoms with Gasteiger partial charge in [0.1, 0.15) is 18.5 Å². The summed E-state index contributed by atoms with van der Waals surface area (Å²) in [6.07, 6.45) is -0.340. The number of carboxylic acid groups (broad SMARTS) is 1. The summed E-state index contributed by atoms with van der Waals surface area (Å²) in [6.45, 7) is 3.92. The molecule has 7 nitrogen and oxygen atoms in total. The van der Waals surface area contributed by atoms with E-state index in [2.05, 4.69) is 10.3 Å². The number of carbonyl (C=O) groups is 2. The maximum absolute atomic E-state index is 11.5. The minimum Gasteiger partial charge on any atom is -0.480 e. The van der Waals surface area contributed by atoms with E-state index < -0.39 is 18.1 Å². The number of amides is 1. The molecular weight excluding hydrogens is 382 g/mol. The largest absolute Gasteiger partial charge is 0.480 e. The van der Waals surface area contributed by atoms with E-state index in [0.29, 0.717) is 12.2 Å². The van der Waals surface area contributed by atoms with Crippen LogP contribution >= 0.6 is 0 Å². The molecular formula is C23H27N3O4. The molecule has 0 aliphatic rings. The zero-order valence-corrected chi connectivity index (χ0v) is 17.1. The molecule has 1 atom stereocenters. The van der Waals surface area contributed by atoms with Crippen LogP contribution in [0.3, 0.4) is 0 Å². The lowest BCUT2D eigenvalue weighted by Gasteiger charge is -2.16. The third-order valence-corrected chi connectivity index (χ3v) is 4.13. The number of nitrogens with two attached hydrogens (primary N) is 1. The van der Waals surface area contributed by atoms with Crippen LogP contribution in [0.4, 0.5) is 10.6 Å². The Labute approximate surface area is 175 Å². The quantitative estimate of drug-likeness (QED) is 0.561. The summed E-state index contributed by atoms with van der Waals surface area (Å²) in [5.74, 6) is -0.301. The van der Waals surface area contributed by atoms with Gasteiger partial charge in [-0.2, -0.15) is 0 Å². The summed E-state index contributed by atoms with van der Waals surface area (Å²) in [6, 6.07) is 20.0. The van der Waals surface area contributed by atoms with Crippen molar-refractivity contribution >= 4 is 28.8 Å². The van der Waals surface area contributed by atoms with Gasteiger partial charge in [0.2, 0.25) is 0 Å². The van der Waals surface area contributed by atoms with Crippen molar-refractivity contribution in [2.75, 3.05) is 5.73 Å². The molecule has 2 aromatic carbocycles. The second-order valence-electron chi connectivity index (χ2n) is 7.16. The summed E-state index contributed by atoms with van der Waals surface area (Å²) in [7, 11) is 0. The number of ether oxygens (including phenoxy) is 1. The van der Waals surface area contributed by atoms with Crippen LogP contribution in [0.25, 0.3) is 10.9 Å². The number of para-hydroxylation sites is 1. The van der Waals surface area contributed by atoms with Gasteiger partial charge in [-0.15, -0.1) is 0 Å². The Bertz CT molecular complexity index is 961. The van der Waals surface area contributed by atoms with Crippen LogP contribution in [0, 0.1) is 5.92 Å². The summed E-state index contributed by atoms with van der Waals surface area (Å²) >= 11 is 0. The number of nitrogens with zero attached hydrogens (tertiary/aromatic N) is 1. The molecule has 0 spiro atoms. The Kier molecular flexibility index (Phi) is 8.62. The summed E-state index contributed by atoms with van der Waals surface area (Å²) < 4.78 is 4.98. The first-order chi connectivity index (χ1) is 14.3.